The van der Waals surface area contributed by atoms with Gasteiger partial charge in [0.2, 0.25) is 0 Å². The van der Waals surface area contributed by atoms with Gasteiger partial charge in [-0.2, -0.15) is 14.6 Å². The molecule has 0 unspecified atom stereocenters. The summed E-state index contributed by atoms with van der Waals surface area (Å²) in [4.78, 5) is 22.1. The lowest BCUT2D eigenvalue weighted by Crippen LogP contribution is -2.13. The highest BCUT2D eigenvalue weighted by Gasteiger charge is 2.13. The molecule has 7 heteroatoms. The predicted molar refractivity (Wildman–Crippen MR) is 105 cm³/mol. The van der Waals surface area contributed by atoms with E-state index in [9.17, 15) is 4.79 Å². The zero-order chi connectivity index (χ0) is 18.8. The van der Waals surface area contributed by atoms with Crippen LogP contribution in [0.15, 0.2) is 70.8 Å². The Bertz CT molecular complexity index is 1140. The van der Waals surface area contributed by atoms with Gasteiger partial charge in [-0.05, 0) is 43.7 Å². The summed E-state index contributed by atoms with van der Waals surface area (Å²) in [7, 11) is 0. The van der Waals surface area contributed by atoms with Crippen molar-refractivity contribution in [2.24, 2.45) is 0 Å². The fourth-order valence-electron chi connectivity index (χ4n) is 2.76. The molecule has 1 N–H and O–H groups in total. The van der Waals surface area contributed by atoms with Crippen molar-refractivity contribution in [2.45, 2.75) is 23.8 Å². The molecule has 27 heavy (non-hydrogen) atoms. The van der Waals surface area contributed by atoms with Crippen molar-refractivity contribution in [3.05, 3.63) is 77.7 Å². The molecule has 2 heterocycles. The molecule has 0 bridgehead atoms. The number of nitrogens with one attached hydrogen (secondary N) is 1. The monoisotopic (exact) mass is 375 g/mol. The van der Waals surface area contributed by atoms with Crippen LogP contribution in [-0.2, 0) is 0 Å². The lowest BCUT2D eigenvalue weighted by molar-refractivity contribution is 0.102. The zero-order valence-electron chi connectivity index (χ0n) is 14.9. The van der Waals surface area contributed by atoms with Crippen LogP contribution in [0.1, 0.15) is 21.6 Å². The Balaban J connectivity index is 1.66. The topological polar surface area (TPSA) is 72.2 Å². The van der Waals surface area contributed by atoms with Gasteiger partial charge >= 0.3 is 0 Å². The number of carbonyl (C=O) groups excluding carboxylic acids is 1. The van der Waals surface area contributed by atoms with Gasteiger partial charge in [-0.25, -0.2) is 4.98 Å². The Morgan fingerprint density at radius 3 is 2.70 bits per heavy atom. The molecule has 134 valence electrons. The minimum absolute atomic E-state index is 0.127. The fraction of sp³-hybridized carbons (Fsp3) is 0.100. The summed E-state index contributed by atoms with van der Waals surface area (Å²) < 4.78 is 1.69. The molecular weight excluding hydrogens is 358 g/mol. The first-order valence-electron chi connectivity index (χ1n) is 8.43. The van der Waals surface area contributed by atoms with E-state index < -0.39 is 0 Å². The molecule has 0 aliphatic rings. The van der Waals surface area contributed by atoms with E-state index in [1.165, 1.54) is 18.1 Å². The second-order valence-corrected chi connectivity index (χ2v) is 7.14. The Hall–Kier alpha value is -3.19. The fourth-order valence-corrected chi connectivity index (χ4v) is 3.80. The zero-order valence-corrected chi connectivity index (χ0v) is 15.7. The maximum absolute atomic E-state index is 12.7. The molecule has 0 atom stereocenters. The van der Waals surface area contributed by atoms with E-state index in [4.69, 9.17) is 0 Å². The molecule has 0 radical (unpaired) electrons. The normalized spacial score (nSPS) is 10.9. The van der Waals surface area contributed by atoms with Crippen molar-refractivity contribution in [1.82, 2.24) is 19.6 Å². The summed E-state index contributed by atoms with van der Waals surface area (Å²) in [6.45, 7) is 3.85. The number of carbonyl (C=O) groups is 1. The van der Waals surface area contributed by atoms with Crippen LogP contribution in [0.2, 0.25) is 0 Å². The third-order valence-electron chi connectivity index (χ3n) is 4.09. The summed E-state index contributed by atoms with van der Waals surface area (Å²) in [5.74, 6) is 0.428. The number of hydrogen-bond acceptors (Lipinski definition) is 5. The van der Waals surface area contributed by atoms with Gasteiger partial charge in [-0.3, -0.25) is 4.79 Å². The average molecular weight is 375 g/mol. The van der Waals surface area contributed by atoms with E-state index in [0.717, 1.165) is 26.9 Å². The first kappa shape index (κ1) is 17.2. The molecule has 4 rings (SSSR count). The van der Waals surface area contributed by atoms with E-state index in [0.29, 0.717) is 11.3 Å². The van der Waals surface area contributed by atoms with Gasteiger partial charge in [0.05, 0.1) is 5.69 Å². The number of hydrogen-bond donors (Lipinski definition) is 1. The van der Waals surface area contributed by atoms with Gasteiger partial charge in [0, 0.05) is 16.2 Å². The highest BCUT2D eigenvalue weighted by Crippen LogP contribution is 2.33. The number of para-hydroxylation sites is 1. The van der Waals surface area contributed by atoms with E-state index in [2.05, 4.69) is 20.4 Å². The lowest BCUT2D eigenvalue weighted by atomic mass is 10.1. The smallest absolute Gasteiger partial charge is 0.255 e. The third-order valence-corrected chi connectivity index (χ3v) is 5.16. The quantitative estimate of drug-likeness (QED) is 0.543. The molecule has 0 fully saturated rings. The van der Waals surface area contributed by atoms with Crippen molar-refractivity contribution in [3.63, 3.8) is 0 Å². The minimum Gasteiger partial charge on any atom is -0.321 e. The van der Waals surface area contributed by atoms with E-state index >= 15 is 0 Å². The van der Waals surface area contributed by atoms with Crippen molar-refractivity contribution >= 4 is 29.1 Å². The number of aryl methyl sites for hydroxylation is 2. The largest absolute Gasteiger partial charge is 0.321 e. The number of aromatic nitrogens is 4. The first-order valence-corrected chi connectivity index (χ1v) is 9.25. The van der Waals surface area contributed by atoms with Crippen molar-refractivity contribution in [2.75, 3.05) is 5.32 Å². The van der Waals surface area contributed by atoms with Crippen LogP contribution in [0.3, 0.4) is 0 Å². The van der Waals surface area contributed by atoms with Gasteiger partial charge in [0.1, 0.15) is 11.4 Å². The van der Waals surface area contributed by atoms with Crippen LogP contribution in [0.5, 0.6) is 0 Å². The molecule has 2 aromatic heterocycles. The highest BCUT2D eigenvalue weighted by atomic mass is 32.2. The van der Waals surface area contributed by atoms with E-state index in [1.807, 2.05) is 68.4 Å². The summed E-state index contributed by atoms with van der Waals surface area (Å²) in [5.41, 5.74) is 3.21. The SMILES string of the molecule is Cc1cc(Sc2ccccc2NC(=O)c2ccccc2C)n2ncnc2n1. The molecule has 6 nitrogen and oxygen atoms in total. The molecule has 0 aliphatic carbocycles. The number of rotatable bonds is 4. The Kier molecular flexibility index (Phi) is 4.60. The molecule has 0 aliphatic heterocycles. The Morgan fingerprint density at radius 2 is 1.85 bits per heavy atom. The number of fused-ring (bicyclic) bond motifs is 1. The maximum atomic E-state index is 12.7. The number of anilines is 1. The second kappa shape index (κ2) is 7.20. The van der Waals surface area contributed by atoms with Crippen LogP contribution in [0.4, 0.5) is 5.69 Å². The first-order chi connectivity index (χ1) is 13.1. The van der Waals surface area contributed by atoms with E-state index in [-0.39, 0.29) is 5.91 Å². The molecule has 0 saturated carbocycles. The lowest BCUT2D eigenvalue weighted by Gasteiger charge is -2.12. The Morgan fingerprint density at radius 1 is 1.07 bits per heavy atom. The molecule has 4 aromatic rings. The summed E-state index contributed by atoms with van der Waals surface area (Å²) in [5, 5.41) is 8.15. The average Bonchev–Trinajstić information content (AvgIpc) is 3.12. The highest BCUT2D eigenvalue weighted by molar-refractivity contribution is 7.99. The third kappa shape index (κ3) is 3.54. The number of nitrogens with zero attached hydrogens (tertiary/aromatic N) is 4. The Labute approximate surface area is 160 Å². The molecule has 2 aromatic carbocycles. The van der Waals surface area contributed by atoms with Gasteiger partial charge in [-0.1, -0.05) is 42.1 Å². The van der Waals surface area contributed by atoms with Crippen LogP contribution in [0.25, 0.3) is 5.78 Å². The molecule has 0 spiro atoms. The van der Waals surface area contributed by atoms with Crippen LogP contribution >= 0.6 is 11.8 Å². The summed E-state index contributed by atoms with van der Waals surface area (Å²) >= 11 is 1.51. The van der Waals surface area contributed by atoms with Crippen LogP contribution in [0, 0.1) is 13.8 Å². The predicted octanol–water partition coefficient (Wildman–Crippen LogP) is 4.14. The van der Waals surface area contributed by atoms with Crippen molar-refractivity contribution < 1.29 is 4.79 Å². The number of amides is 1. The minimum atomic E-state index is -0.127. The standard InChI is InChI=1S/C20H17N5OS/c1-13-7-3-4-8-15(13)19(26)24-16-9-5-6-10-17(16)27-18-11-14(2)23-20-21-12-22-25(18)20/h3-12H,1-2H3,(H,24,26). The van der Waals surface area contributed by atoms with Gasteiger partial charge in [0.15, 0.2) is 0 Å². The van der Waals surface area contributed by atoms with Crippen LogP contribution in [-0.4, -0.2) is 25.5 Å². The van der Waals surface area contributed by atoms with Crippen molar-refractivity contribution in [1.29, 1.82) is 0 Å². The second-order valence-electron chi connectivity index (χ2n) is 6.07. The van der Waals surface area contributed by atoms with Gasteiger partial charge < -0.3 is 5.32 Å². The summed E-state index contributed by atoms with van der Waals surface area (Å²) in [6.07, 6.45) is 1.48. The number of benzene rings is 2. The van der Waals surface area contributed by atoms with Gasteiger partial charge in [-0.15, -0.1) is 0 Å². The van der Waals surface area contributed by atoms with Crippen LogP contribution < -0.4 is 5.32 Å². The molecular formula is C20H17N5OS. The van der Waals surface area contributed by atoms with Gasteiger partial charge in [0.25, 0.3) is 11.7 Å². The maximum Gasteiger partial charge on any atom is 0.255 e. The summed E-state index contributed by atoms with van der Waals surface area (Å²) in [6, 6.07) is 17.2. The molecule has 0 saturated heterocycles. The molecule has 1 amide bonds. The van der Waals surface area contributed by atoms with E-state index in [1.54, 1.807) is 4.52 Å². The van der Waals surface area contributed by atoms with Crippen molar-refractivity contribution in [3.8, 4) is 0 Å².